The summed E-state index contributed by atoms with van der Waals surface area (Å²) >= 11 is 0. The third-order valence-electron chi connectivity index (χ3n) is 1.79. The fourth-order valence-electron chi connectivity index (χ4n) is 1.04. The van der Waals surface area contributed by atoms with Crippen molar-refractivity contribution < 1.29 is 19.5 Å². The van der Waals surface area contributed by atoms with E-state index in [1.165, 1.54) is 0 Å². The molecule has 0 aliphatic heterocycles. The highest BCUT2D eigenvalue weighted by Gasteiger charge is 2.02. The first kappa shape index (κ1) is 14.2. The summed E-state index contributed by atoms with van der Waals surface area (Å²) < 4.78 is 0. The van der Waals surface area contributed by atoms with Crippen LogP contribution in [-0.4, -0.2) is 36.1 Å². The number of nitrogens with one attached hydrogen (secondary N) is 2. The van der Waals surface area contributed by atoms with Crippen molar-refractivity contribution in [3.63, 3.8) is 0 Å². The number of rotatable bonds is 8. The first-order chi connectivity index (χ1) is 7.52. The molecule has 92 valence electrons. The van der Waals surface area contributed by atoms with Gasteiger partial charge in [-0.3, -0.25) is 9.59 Å². The third-order valence-corrected chi connectivity index (χ3v) is 1.79. The number of hydrogen-bond donors (Lipinski definition) is 4. The molecule has 0 aliphatic carbocycles. The molecule has 0 aliphatic rings. The Morgan fingerprint density at radius 3 is 2.12 bits per heavy atom. The molecule has 0 saturated heterocycles. The zero-order valence-electron chi connectivity index (χ0n) is 8.99. The van der Waals surface area contributed by atoms with Crippen molar-refractivity contribution >= 4 is 17.9 Å². The number of carboxylic acids is 1. The van der Waals surface area contributed by atoms with E-state index in [2.05, 4.69) is 10.6 Å². The van der Waals surface area contributed by atoms with E-state index in [1.54, 1.807) is 0 Å². The van der Waals surface area contributed by atoms with E-state index >= 15 is 0 Å². The molecular formula is C9H17N3O4. The fourth-order valence-corrected chi connectivity index (χ4v) is 1.04. The summed E-state index contributed by atoms with van der Waals surface area (Å²) in [7, 11) is 0. The maximum atomic E-state index is 11.1. The first-order valence-electron chi connectivity index (χ1n) is 5.04. The van der Waals surface area contributed by atoms with Gasteiger partial charge in [0.05, 0.1) is 0 Å². The number of nitrogens with two attached hydrogens (primary N) is 1. The number of carbonyl (C=O) groups excluding carboxylic acids is 2. The highest BCUT2D eigenvalue weighted by molar-refractivity contribution is 5.76. The Kier molecular flexibility index (Phi) is 7.56. The van der Waals surface area contributed by atoms with Crippen LogP contribution in [0.5, 0.6) is 0 Å². The standard InChI is InChI=1S/C9H17N3O4/c10-9(16)12-6-5-11-7(13)3-1-2-4-8(14)15/h1-6H2,(H,11,13)(H,14,15)(H3,10,12,16). The second-order valence-electron chi connectivity index (χ2n) is 3.24. The number of aliphatic carboxylic acids is 1. The molecule has 7 nitrogen and oxygen atoms in total. The average Bonchev–Trinajstić information content (AvgIpc) is 2.19. The van der Waals surface area contributed by atoms with Crippen LogP contribution >= 0.6 is 0 Å². The van der Waals surface area contributed by atoms with E-state index in [-0.39, 0.29) is 18.9 Å². The number of primary amides is 1. The average molecular weight is 231 g/mol. The first-order valence-corrected chi connectivity index (χ1v) is 5.04. The van der Waals surface area contributed by atoms with Gasteiger partial charge >= 0.3 is 12.0 Å². The molecular weight excluding hydrogens is 214 g/mol. The molecule has 0 radical (unpaired) electrons. The predicted octanol–water partition coefficient (Wildman–Crippen LogP) is -0.584. The van der Waals surface area contributed by atoms with Gasteiger partial charge in [-0.05, 0) is 12.8 Å². The van der Waals surface area contributed by atoms with E-state index in [0.717, 1.165) is 0 Å². The highest BCUT2D eigenvalue weighted by Crippen LogP contribution is 1.99. The molecule has 0 spiro atoms. The van der Waals surface area contributed by atoms with Crippen molar-refractivity contribution in [3.05, 3.63) is 0 Å². The van der Waals surface area contributed by atoms with Crippen molar-refractivity contribution in [2.45, 2.75) is 25.7 Å². The van der Waals surface area contributed by atoms with Crippen LogP contribution in [0.15, 0.2) is 0 Å². The minimum absolute atomic E-state index is 0.0799. The molecule has 3 amide bonds. The molecule has 0 fully saturated rings. The lowest BCUT2D eigenvalue weighted by molar-refractivity contribution is -0.137. The summed E-state index contributed by atoms with van der Waals surface area (Å²) in [6, 6.07) is -0.629. The molecule has 0 atom stereocenters. The van der Waals surface area contributed by atoms with Crippen LogP contribution in [-0.2, 0) is 9.59 Å². The minimum atomic E-state index is -0.855. The quantitative estimate of drug-likeness (QED) is 0.417. The minimum Gasteiger partial charge on any atom is -0.481 e. The van der Waals surface area contributed by atoms with E-state index in [9.17, 15) is 14.4 Å². The molecule has 0 rings (SSSR count). The molecule has 0 heterocycles. The lowest BCUT2D eigenvalue weighted by Crippen LogP contribution is -2.37. The van der Waals surface area contributed by atoms with Crippen LogP contribution in [0.4, 0.5) is 4.79 Å². The summed E-state index contributed by atoms with van der Waals surface area (Å²) in [5.41, 5.74) is 4.82. The Hall–Kier alpha value is -1.79. The van der Waals surface area contributed by atoms with Crippen LogP contribution in [0, 0.1) is 0 Å². The van der Waals surface area contributed by atoms with Gasteiger partial charge in [-0.1, -0.05) is 0 Å². The molecule has 0 saturated carbocycles. The van der Waals surface area contributed by atoms with Gasteiger partial charge in [-0.2, -0.15) is 0 Å². The van der Waals surface area contributed by atoms with Crippen LogP contribution < -0.4 is 16.4 Å². The van der Waals surface area contributed by atoms with Crippen molar-refractivity contribution in [1.82, 2.24) is 10.6 Å². The molecule has 16 heavy (non-hydrogen) atoms. The summed E-state index contributed by atoms with van der Waals surface area (Å²) in [6.45, 7) is 0.608. The van der Waals surface area contributed by atoms with Gasteiger partial charge in [0.15, 0.2) is 0 Å². The van der Waals surface area contributed by atoms with Crippen molar-refractivity contribution in [1.29, 1.82) is 0 Å². The summed E-state index contributed by atoms with van der Waals surface area (Å²) in [5.74, 6) is -1.01. The molecule has 0 unspecified atom stereocenters. The lowest BCUT2D eigenvalue weighted by atomic mass is 10.2. The number of unbranched alkanes of at least 4 members (excludes halogenated alkanes) is 1. The van der Waals surface area contributed by atoms with E-state index in [0.29, 0.717) is 25.8 Å². The maximum absolute atomic E-state index is 11.1. The Morgan fingerprint density at radius 1 is 1.00 bits per heavy atom. The second-order valence-corrected chi connectivity index (χ2v) is 3.24. The van der Waals surface area contributed by atoms with E-state index < -0.39 is 12.0 Å². The Morgan fingerprint density at radius 2 is 1.56 bits per heavy atom. The molecule has 7 heteroatoms. The van der Waals surface area contributed by atoms with Gasteiger partial charge in [0.2, 0.25) is 5.91 Å². The molecule has 5 N–H and O–H groups in total. The molecule has 0 aromatic carbocycles. The zero-order valence-corrected chi connectivity index (χ0v) is 8.99. The summed E-state index contributed by atoms with van der Waals surface area (Å²) in [6.07, 6.45) is 1.41. The summed E-state index contributed by atoms with van der Waals surface area (Å²) in [4.78, 5) is 31.6. The van der Waals surface area contributed by atoms with Crippen molar-refractivity contribution in [2.24, 2.45) is 5.73 Å². The highest BCUT2D eigenvalue weighted by atomic mass is 16.4. The predicted molar refractivity (Wildman–Crippen MR) is 56.7 cm³/mol. The largest absolute Gasteiger partial charge is 0.481 e. The SMILES string of the molecule is NC(=O)NCCNC(=O)CCCCC(=O)O. The maximum Gasteiger partial charge on any atom is 0.312 e. The topological polar surface area (TPSA) is 122 Å². The smallest absolute Gasteiger partial charge is 0.312 e. The number of urea groups is 1. The number of carboxylic acid groups (broad SMARTS) is 1. The van der Waals surface area contributed by atoms with Crippen LogP contribution in [0.1, 0.15) is 25.7 Å². The monoisotopic (exact) mass is 231 g/mol. The van der Waals surface area contributed by atoms with Crippen LogP contribution in [0.2, 0.25) is 0 Å². The van der Waals surface area contributed by atoms with Crippen molar-refractivity contribution in [3.8, 4) is 0 Å². The Balaban J connectivity index is 3.31. The Bertz CT molecular complexity index is 231. The normalized spacial score (nSPS) is 9.50. The fraction of sp³-hybridized carbons (Fsp3) is 0.667. The molecule has 0 bridgehead atoms. The van der Waals surface area contributed by atoms with Gasteiger partial charge < -0.3 is 21.5 Å². The van der Waals surface area contributed by atoms with Gasteiger partial charge in [0.25, 0.3) is 0 Å². The van der Waals surface area contributed by atoms with Gasteiger partial charge in [0, 0.05) is 25.9 Å². The lowest BCUT2D eigenvalue weighted by Gasteiger charge is -2.04. The van der Waals surface area contributed by atoms with Crippen molar-refractivity contribution in [2.75, 3.05) is 13.1 Å². The number of carbonyl (C=O) groups is 3. The number of hydrogen-bond acceptors (Lipinski definition) is 3. The Labute approximate surface area is 93.4 Å². The van der Waals surface area contributed by atoms with E-state index in [1.807, 2.05) is 0 Å². The molecule has 0 aromatic rings. The summed E-state index contributed by atoms with van der Waals surface area (Å²) in [5, 5.41) is 13.3. The van der Waals surface area contributed by atoms with Gasteiger partial charge in [-0.25, -0.2) is 4.79 Å². The van der Waals surface area contributed by atoms with Gasteiger partial charge in [-0.15, -0.1) is 0 Å². The molecule has 0 aromatic heterocycles. The third kappa shape index (κ3) is 10.3. The van der Waals surface area contributed by atoms with Crippen LogP contribution in [0.3, 0.4) is 0 Å². The van der Waals surface area contributed by atoms with E-state index in [4.69, 9.17) is 10.8 Å². The zero-order chi connectivity index (χ0) is 12.4. The second kappa shape index (κ2) is 8.51. The van der Waals surface area contributed by atoms with Gasteiger partial charge in [0.1, 0.15) is 0 Å². The number of amides is 3. The van der Waals surface area contributed by atoms with Crippen LogP contribution in [0.25, 0.3) is 0 Å².